The van der Waals surface area contributed by atoms with Gasteiger partial charge in [-0.15, -0.1) is 0 Å². The zero-order valence-corrected chi connectivity index (χ0v) is 12.9. The third kappa shape index (κ3) is 4.11. The van der Waals surface area contributed by atoms with Crippen LogP contribution in [0, 0.1) is 5.41 Å². The van der Waals surface area contributed by atoms with Crippen molar-refractivity contribution in [1.29, 1.82) is 0 Å². The molecule has 104 valence electrons. The number of benzene rings is 1. The van der Waals surface area contributed by atoms with E-state index in [0.29, 0.717) is 15.1 Å². The summed E-state index contributed by atoms with van der Waals surface area (Å²) < 4.78 is 0.610. The fraction of sp³-hybridized carbons (Fsp3) is 0.333. The molecule has 19 heavy (non-hydrogen) atoms. The van der Waals surface area contributed by atoms with Gasteiger partial charge in [0.25, 0.3) is 5.91 Å². The molecule has 0 radical (unpaired) electrons. The number of nitrogens with one attached hydrogen (secondary N) is 1. The predicted molar refractivity (Wildman–Crippen MR) is 78.7 cm³/mol. The minimum atomic E-state index is -0.636. The maximum Gasteiger partial charge on any atom is 0.252 e. The molecule has 5 nitrogen and oxygen atoms in total. The first-order chi connectivity index (χ1) is 8.77. The molecule has 1 amide bonds. The minimum absolute atomic E-state index is 0.0583. The fourth-order valence-electron chi connectivity index (χ4n) is 1.30. The van der Waals surface area contributed by atoms with Crippen LogP contribution >= 0.6 is 27.5 Å². The van der Waals surface area contributed by atoms with E-state index >= 15 is 0 Å². The van der Waals surface area contributed by atoms with E-state index in [1.165, 1.54) is 0 Å². The molecule has 0 heterocycles. The number of hydrogen-bond acceptors (Lipinski definition) is 3. The second kappa shape index (κ2) is 6.25. The largest absolute Gasteiger partial charge is 0.409 e. The van der Waals surface area contributed by atoms with Gasteiger partial charge in [-0.25, -0.2) is 0 Å². The summed E-state index contributed by atoms with van der Waals surface area (Å²) in [7, 11) is 0. The number of nitrogens with zero attached hydrogens (tertiary/aromatic N) is 1. The highest BCUT2D eigenvalue weighted by molar-refractivity contribution is 9.10. The van der Waals surface area contributed by atoms with Gasteiger partial charge in [-0.3, -0.25) is 4.79 Å². The van der Waals surface area contributed by atoms with Gasteiger partial charge in [0.2, 0.25) is 0 Å². The highest BCUT2D eigenvalue weighted by Gasteiger charge is 2.24. The molecule has 1 aromatic rings. The Morgan fingerprint density at radius 2 is 2.21 bits per heavy atom. The Morgan fingerprint density at radius 1 is 1.58 bits per heavy atom. The molecule has 0 spiro atoms. The van der Waals surface area contributed by atoms with Crippen LogP contribution in [0.4, 0.5) is 0 Å². The van der Waals surface area contributed by atoms with Crippen molar-refractivity contribution < 1.29 is 10.0 Å². The maximum atomic E-state index is 12.0. The van der Waals surface area contributed by atoms with Gasteiger partial charge in [0.1, 0.15) is 5.84 Å². The standard InChI is InChI=1S/C12H15BrClN3O2/c1-12(2,11(15)17-19)6-16-10(18)8-4-3-7(14)5-9(8)13/h3-5,19H,6H2,1-2H3,(H2,15,17)(H,16,18). The lowest BCUT2D eigenvalue weighted by atomic mass is 9.92. The molecule has 0 aliphatic heterocycles. The monoisotopic (exact) mass is 347 g/mol. The van der Waals surface area contributed by atoms with E-state index in [-0.39, 0.29) is 18.3 Å². The molecule has 0 saturated heterocycles. The molecule has 0 aliphatic rings. The van der Waals surface area contributed by atoms with Crippen LogP contribution in [0.15, 0.2) is 27.8 Å². The molecule has 0 saturated carbocycles. The Bertz CT molecular complexity index is 518. The summed E-state index contributed by atoms with van der Waals surface area (Å²) in [4.78, 5) is 12.0. The predicted octanol–water partition coefficient (Wildman–Crippen LogP) is 2.60. The number of amidine groups is 1. The second-order valence-corrected chi connectivity index (χ2v) is 5.97. The van der Waals surface area contributed by atoms with Crippen molar-refractivity contribution in [1.82, 2.24) is 5.32 Å². The molecule has 0 fully saturated rings. The fourth-order valence-corrected chi connectivity index (χ4v) is 2.16. The van der Waals surface area contributed by atoms with E-state index in [1.807, 2.05) is 0 Å². The van der Waals surface area contributed by atoms with Crippen LogP contribution in [0.25, 0.3) is 0 Å². The van der Waals surface area contributed by atoms with Crippen LogP contribution in [0.5, 0.6) is 0 Å². The lowest BCUT2D eigenvalue weighted by Gasteiger charge is -2.23. The van der Waals surface area contributed by atoms with Gasteiger partial charge < -0.3 is 16.3 Å². The summed E-state index contributed by atoms with van der Waals surface area (Å²) in [5, 5.41) is 14.9. The second-order valence-electron chi connectivity index (χ2n) is 4.68. The number of amides is 1. The summed E-state index contributed by atoms with van der Waals surface area (Å²) in [5.41, 5.74) is 5.38. The topological polar surface area (TPSA) is 87.7 Å². The van der Waals surface area contributed by atoms with Gasteiger partial charge in [0, 0.05) is 21.5 Å². The van der Waals surface area contributed by atoms with Crippen molar-refractivity contribution in [3.05, 3.63) is 33.3 Å². The number of carbonyl (C=O) groups excluding carboxylic acids is 1. The van der Waals surface area contributed by atoms with Gasteiger partial charge in [0.05, 0.1) is 5.56 Å². The Kier molecular flexibility index (Phi) is 5.20. The molecule has 0 aromatic heterocycles. The number of carbonyl (C=O) groups is 1. The van der Waals surface area contributed by atoms with Crippen molar-refractivity contribution in [3.8, 4) is 0 Å². The number of nitrogens with two attached hydrogens (primary N) is 1. The van der Waals surface area contributed by atoms with Gasteiger partial charge in [-0.2, -0.15) is 0 Å². The van der Waals surface area contributed by atoms with Crippen molar-refractivity contribution in [2.45, 2.75) is 13.8 Å². The average molecular weight is 349 g/mol. The van der Waals surface area contributed by atoms with E-state index < -0.39 is 5.41 Å². The molecule has 0 bridgehead atoms. The van der Waals surface area contributed by atoms with Crippen LogP contribution in [-0.4, -0.2) is 23.5 Å². The number of oxime groups is 1. The van der Waals surface area contributed by atoms with Crippen LogP contribution in [0.1, 0.15) is 24.2 Å². The Balaban J connectivity index is 2.76. The van der Waals surface area contributed by atoms with E-state index in [2.05, 4.69) is 26.4 Å². The smallest absolute Gasteiger partial charge is 0.252 e. The average Bonchev–Trinajstić information content (AvgIpc) is 2.35. The summed E-state index contributed by atoms with van der Waals surface area (Å²) in [5.74, 6) is -0.203. The minimum Gasteiger partial charge on any atom is -0.409 e. The first-order valence-corrected chi connectivity index (χ1v) is 6.66. The maximum absolute atomic E-state index is 12.0. The van der Waals surface area contributed by atoms with Crippen molar-refractivity contribution in [3.63, 3.8) is 0 Å². The van der Waals surface area contributed by atoms with Crippen LogP contribution in [0.3, 0.4) is 0 Å². The number of rotatable bonds is 4. The Labute approximate surface area is 124 Å². The first-order valence-electron chi connectivity index (χ1n) is 5.49. The van der Waals surface area contributed by atoms with Gasteiger partial charge >= 0.3 is 0 Å². The summed E-state index contributed by atoms with van der Waals surface area (Å²) in [6.45, 7) is 3.77. The van der Waals surface area contributed by atoms with E-state index in [1.54, 1.807) is 32.0 Å². The van der Waals surface area contributed by atoms with Crippen molar-refractivity contribution in [2.75, 3.05) is 6.54 Å². The highest BCUT2D eigenvalue weighted by atomic mass is 79.9. The number of hydrogen-bond donors (Lipinski definition) is 3. The Hall–Kier alpha value is -1.27. The van der Waals surface area contributed by atoms with Crippen LogP contribution in [0.2, 0.25) is 5.02 Å². The summed E-state index contributed by atoms with van der Waals surface area (Å²) in [6.07, 6.45) is 0. The molecule has 0 aliphatic carbocycles. The lowest BCUT2D eigenvalue weighted by Crippen LogP contribution is -2.42. The van der Waals surface area contributed by atoms with Crippen LogP contribution in [-0.2, 0) is 0 Å². The highest BCUT2D eigenvalue weighted by Crippen LogP contribution is 2.22. The van der Waals surface area contributed by atoms with Crippen LogP contribution < -0.4 is 11.1 Å². The molecule has 7 heteroatoms. The molecule has 4 N–H and O–H groups in total. The van der Waals surface area contributed by atoms with Gasteiger partial charge in [-0.05, 0) is 34.1 Å². The first kappa shape index (κ1) is 15.8. The summed E-state index contributed by atoms with van der Waals surface area (Å²) in [6, 6.07) is 4.90. The van der Waals surface area contributed by atoms with Gasteiger partial charge in [-0.1, -0.05) is 30.6 Å². The molecule has 0 unspecified atom stereocenters. The molecule has 1 rings (SSSR count). The van der Waals surface area contributed by atoms with Crippen molar-refractivity contribution >= 4 is 39.3 Å². The molecule has 1 aromatic carbocycles. The quantitative estimate of drug-likeness (QED) is 0.338. The van der Waals surface area contributed by atoms with E-state index in [4.69, 9.17) is 22.5 Å². The SMILES string of the molecule is CC(C)(CNC(=O)c1ccc(Cl)cc1Br)/C(N)=N/O. The summed E-state index contributed by atoms with van der Waals surface area (Å²) >= 11 is 9.09. The van der Waals surface area contributed by atoms with E-state index in [0.717, 1.165) is 0 Å². The van der Waals surface area contributed by atoms with E-state index in [9.17, 15) is 4.79 Å². The Morgan fingerprint density at radius 3 is 2.74 bits per heavy atom. The molecular formula is C12H15BrClN3O2. The number of halogens is 2. The third-order valence-corrected chi connectivity index (χ3v) is 3.56. The zero-order chi connectivity index (χ0) is 14.6. The molecular weight excluding hydrogens is 334 g/mol. The third-order valence-electron chi connectivity index (χ3n) is 2.67. The normalized spacial score (nSPS) is 12.3. The lowest BCUT2D eigenvalue weighted by molar-refractivity contribution is 0.0943. The van der Waals surface area contributed by atoms with Gasteiger partial charge in [0.15, 0.2) is 0 Å². The van der Waals surface area contributed by atoms with Crippen molar-refractivity contribution in [2.24, 2.45) is 16.3 Å². The molecule has 0 atom stereocenters. The zero-order valence-electron chi connectivity index (χ0n) is 10.6.